The number of nitro groups is 1. The molecule has 92 valence electrons. The number of aromatic nitrogens is 1. The van der Waals surface area contributed by atoms with Gasteiger partial charge in [-0.1, -0.05) is 0 Å². The number of nitrogens with two attached hydrogens (primary N) is 1. The molecule has 0 amide bonds. The van der Waals surface area contributed by atoms with E-state index in [1.807, 2.05) is 11.8 Å². The van der Waals surface area contributed by atoms with Crippen LogP contribution in [0.15, 0.2) is 12.1 Å². The summed E-state index contributed by atoms with van der Waals surface area (Å²) in [6.45, 7) is 3.62. The molecular formula is C10H14N4O3. The van der Waals surface area contributed by atoms with Crippen LogP contribution in [-0.4, -0.2) is 35.7 Å². The van der Waals surface area contributed by atoms with Crippen LogP contribution in [0.3, 0.4) is 0 Å². The summed E-state index contributed by atoms with van der Waals surface area (Å²) in [5.41, 5.74) is 5.56. The highest BCUT2D eigenvalue weighted by Crippen LogP contribution is 2.28. The van der Waals surface area contributed by atoms with Gasteiger partial charge in [0.1, 0.15) is 5.82 Å². The van der Waals surface area contributed by atoms with Crippen LogP contribution >= 0.6 is 0 Å². The number of hydrogen-bond donors (Lipinski definition) is 1. The minimum absolute atomic E-state index is 0.0201. The highest BCUT2D eigenvalue weighted by molar-refractivity contribution is 5.61. The molecule has 0 aromatic carbocycles. The van der Waals surface area contributed by atoms with Gasteiger partial charge in [0.2, 0.25) is 5.82 Å². The summed E-state index contributed by atoms with van der Waals surface area (Å²) < 4.78 is 5.39. The van der Waals surface area contributed by atoms with Crippen LogP contribution in [-0.2, 0) is 4.74 Å². The van der Waals surface area contributed by atoms with Crippen molar-refractivity contribution in [1.82, 2.24) is 4.98 Å². The van der Waals surface area contributed by atoms with Gasteiger partial charge in [0.15, 0.2) is 0 Å². The number of nitrogens with zero attached hydrogens (tertiary/aromatic N) is 3. The predicted octanol–water partition coefficient (Wildman–Crippen LogP) is 0.797. The van der Waals surface area contributed by atoms with Gasteiger partial charge in [0, 0.05) is 19.2 Å². The number of anilines is 2. The summed E-state index contributed by atoms with van der Waals surface area (Å²) in [5, 5.41) is 10.9. The van der Waals surface area contributed by atoms with Crippen LogP contribution in [0.25, 0.3) is 0 Å². The average Bonchev–Trinajstić information content (AvgIpc) is 2.28. The Kier molecular flexibility index (Phi) is 3.10. The smallest absolute Gasteiger partial charge is 0.311 e. The highest BCUT2D eigenvalue weighted by Gasteiger charge is 2.25. The van der Waals surface area contributed by atoms with Gasteiger partial charge in [-0.15, -0.1) is 0 Å². The highest BCUT2D eigenvalue weighted by atomic mass is 16.6. The maximum Gasteiger partial charge on any atom is 0.311 e. The largest absolute Gasteiger partial charge is 0.384 e. The number of pyridine rings is 1. The lowest BCUT2D eigenvalue weighted by atomic mass is 10.2. The van der Waals surface area contributed by atoms with Crippen molar-refractivity contribution in [1.29, 1.82) is 0 Å². The van der Waals surface area contributed by atoms with Crippen molar-refractivity contribution in [3.8, 4) is 0 Å². The third kappa shape index (κ3) is 2.44. The van der Waals surface area contributed by atoms with Crippen molar-refractivity contribution >= 4 is 17.3 Å². The van der Waals surface area contributed by atoms with Crippen LogP contribution in [0.1, 0.15) is 6.92 Å². The van der Waals surface area contributed by atoms with E-state index in [0.717, 1.165) is 0 Å². The Balaban J connectivity index is 2.35. The van der Waals surface area contributed by atoms with Gasteiger partial charge < -0.3 is 15.4 Å². The standard InChI is InChI=1S/C10H14N4O3/c1-7-6-13(4-5-17-7)10-8(14(15)16)2-3-9(11)12-10/h2-3,7H,4-6H2,1H3,(H2,11,12). The second-order valence-electron chi connectivity index (χ2n) is 3.96. The lowest BCUT2D eigenvalue weighted by Gasteiger charge is -2.31. The summed E-state index contributed by atoms with van der Waals surface area (Å²) in [5.74, 6) is 0.606. The van der Waals surface area contributed by atoms with Gasteiger partial charge in [-0.25, -0.2) is 4.98 Å². The molecule has 0 radical (unpaired) electrons. The van der Waals surface area contributed by atoms with Gasteiger partial charge in [0.25, 0.3) is 0 Å². The molecule has 1 aliphatic heterocycles. The molecular weight excluding hydrogens is 224 g/mol. The van der Waals surface area contributed by atoms with Crippen molar-refractivity contribution in [2.75, 3.05) is 30.3 Å². The van der Waals surface area contributed by atoms with Gasteiger partial charge in [-0.2, -0.15) is 0 Å². The Morgan fingerprint density at radius 1 is 1.65 bits per heavy atom. The predicted molar refractivity (Wildman–Crippen MR) is 62.9 cm³/mol. The van der Waals surface area contributed by atoms with Crippen LogP contribution in [0.4, 0.5) is 17.3 Å². The van der Waals surface area contributed by atoms with Crippen LogP contribution < -0.4 is 10.6 Å². The zero-order valence-electron chi connectivity index (χ0n) is 9.50. The number of rotatable bonds is 2. The molecule has 0 bridgehead atoms. The van der Waals surface area contributed by atoms with Crippen LogP contribution in [0, 0.1) is 10.1 Å². The summed E-state index contributed by atoms with van der Waals surface area (Å²) in [6, 6.07) is 2.82. The van der Waals surface area contributed by atoms with E-state index in [9.17, 15) is 10.1 Å². The summed E-state index contributed by atoms with van der Waals surface area (Å²) in [6.07, 6.45) is 0.0339. The van der Waals surface area contributed by atoms with Gasteiger partial charge in [-0.05, 0) is 13.0 Å². The number of ether oxygens (including phenoxy) is 1. The van der Waals surface area contributed by atoms with Crippen LogP contribution in [0.5, 0.6) is 0 Å². The van der Waals surface area contributed by atoms with Crippen molar-refractivity contribution < 1.29 is 9.66 Å². The first kappa shape index (κ1) is 11.6. The van der Waals surface area contributed by atoms with Crippen molar-refractivity contribution in [3.05, 3.63) is 22.2 Å². The first-order valence-electron chi connectivity index (χ1n) is 5.35. The first-order valence-corrected chi connectivity index (χ1v) is 5.35. The third-order valence-corrected chi connectivity index (χ3v) is 2.61. The minimum atomic E-state index is -0.443. The van der Waals surface area contributed by atoms with E-state index in [4.69, 9.17) is 10.5 Å². The van der Waals surface area contributed by atoms with Crippen molar-refractivity contribution in [2.45, 2.75) is 13.0 Å². The fraction of sp³-hybridized carbons (Fsp3) is 0.500. The van der Waals surface area contributed by atoms with Gasteiger partial charge in [-0.3, -0.25) is 10.1 Å². The molecule has 7 nitrogen and oxygen atoms in total. The Morgan fingerprint density at radius 3 is 3.06 bits per heavy atom. The molecule has 0 spiro atoms. The Labute approximate surface area is 98.3 Å². The van der Waals surface area contributed by atoms with E-state index in [2.05, 4.69) is 4.98 Å². The quantitative estimate of drug-likeness (QED) is 0.604. The summed E-state index contributed by atoms with van der Waals surface area (Å²) in [4.78, 5) is 16.4. The van der Waals surface area contributed by atoms with Crippen LogP contribution in [0.2, 0.25) is 0 Å². The van der Waals surface area contributed by atoms with E-state index in [1.54, 1.807) is 0 Å². The summed E-state index contributed by atoms with van der Waals surface area (Å²) in [7, 11) is 0. The molecule has 0 saturated carbocycles. The van der Waals surface area contributed by atoms with Crippen molar-refractivity contribution in [2.24, 2.45) is 0 Å². The molecule has 1 saturated heterocycles. The van der Waals surface area contributed by atoms with Gasteiger partial charge >= 0.3 is 5.69 Å². The monoisotopic (exact) mass is 238 g/mol. The first-order chi connectivity index (χ1) is 8.08. The lowest BCUT2D eigenvalue weighted by molar-refractivity contribution is -0.384. The van der Waals surface area contributed by atoms with E-state index in [-0.39, 0.29) is 17.6 Å². The second kappa shape index (κ2) is 4.54. The molecule has 7 heteroatoms. The molecule has 2 heterocycles. The van der Waals surface area contributed by atoms with E-state index >= 15 is 0 Å². The average molecular weight is 238 g/mol. The third-order valence-electron chi connectivity index (χ3n) is 2.61. The van der Waals surface area contributed by atoms with E-state index in [0.29, 0.717) is 25.5 Å². The fourth-order valence-electron chi connectivity index (χ4n) is 1.84. The lowest BCUT2D eigenvalue weighted by Crippen LogP contribution is -2.41. The zero-order valence-corrected chi connectivity index (χ0v) is 9.50. The maximum atomic E-state index is 10.9. The molecule has 1 aliphatic rings. The van der Waals surface area contributed by atoms with E-state index in [1.165, 1.54) is 12.1 Å². The summed E-state index contributed by atoms with van der Waals surface area (Å²) >= 11 is 0. The topological polar surface area (TPSA) is 94.5 Å². The van der Waals surface area contributed by atoms with Gasteiger partial charge in [0.05, 0.1) is 17.6 Å². The molecule has 1 aromatic rings. The van der Waals surface area contributed by atoms with E-state index < -0.39 is 4.92 Å². The fourth-order valence-corrected chi connectivity index (χ4v) is 1.84. The Bertz CT molecular complexity index is 438. The second-order valence-corrected chi connectivity index (χ2v) is 3.96. The molecule has 1 atom stereocenters. The number of nitrogen functional groups attached to an aromatic ring is 1. The SMILES string of the molecule is CC1CN(c2nc(N)ccc2[N+](=O)[O-])CCO1. The Hall–Kier alpha value is -1.89. The maximum absolute atomic E-state index is 10.9. The number of morpholine rings is 1. The van der Waals surface area contributed by atoms with Crippen molar-refractivity contribution in [3.63, 3.8) is 0 Å². The molecule has 2 rings (SSSR count). The molecule has 1 fully saturated rings. The molecule has 2 N–H and O–H groups in total. The zero-order chi connectivity index (χ0) is 12.4. The molecule has 17 heavy (non-hydrogen) atoms. The molecule has 0 aliphatic carbocycles. The number of hydrogen-bond acceptors (Lipinski definition) is 6. The molecule has 1 unspecified atom stereocenters. The Morgan fingerprint density at radius 2 is 2.41 bits per heavy atom. The normalized spacial score (nSPS) is 20.3. The minimum Gasteiger partial charge on any atom is -0.384 e. The molecule has 1 aromatic heterocycles.